The molecule has 0 saturated heterocycles. The fourth-order valence-electron chi connectivity index (χ4n) is 1.92. The molecular formula is C14H27N3O4. The van der Waals surface area contributed by atoms with E-state index in [9.17, 15) is 14.4 Å². The number of hydrogen-bond donors (Lipinski definition) is 2. The van der Waals surface area contributed by atoms with Gasteiger partial charge in [0.25, 0.3) is 0 Å². The summed E-state index contributed by atoms with van der Waals surface area (Å²) in [5.41, 5.74) is 0. The molecule has 0 atom stereocenters. The van der Waals surface area contributed by atoms with Crippen LogP contribution >= 0.6 is 0 Å². The molecule has 21 heavy (non-hydrogen) atoms. The first-order valence-corrected chi connectivity index (χ1v) is 7.31. The van der Waals surface area contributed by atoms with Crippen molar-refractivity contribution in [2.45, 2.75) is 46.1 Å². The van der Waals surface area contributed by atoms with Gasteiger partial charge in [0.15, 0.2) is 0 Å². The van der Waals surface area contributed by atoms with E-state index < -0.39 is 5.97 Å². The lowest BCUT2D eigenvalue weighted by molar-refractivity contribution is -0.137. The Hall–Kier alpha value is -1.79. The van der Waals surface area contributed by atoms with Gasteiger partial charge in [-0.3, -0.25) is 9.59 Å². The van der Waals surface area contributed by atoms with Gasteiger partial charge in [-0.25, -0.2) is 4.79 Å². The van der Waals surface area contributed by atoms with Crippen molar-refractivity contribution in [2.24, 2.45) is 0 Å². The Kier molecular flexibility index (Phi) is 9.16. The zero-order valence-corrected chi connectivity index (χ0v) is 13.4. The monoisotopic (exact) mass is 301 g/mol. The van der Waals surface area contributed by atoms with E-state index in [-0.39, 0.29) is 30.9 Å². The molecule has 0 aliphatic heterocycles. The van der Waals surface area contributed by atoms with Gasteiger partial charge in [-0.05, 0) is 26.7 Å². The minimum absolute atomic E-state index is 0.0192. The zero-order valence-electron chi connectivity index (χ0n) is 13.4. The van der Waals surface area contributed by atoms with Gasteiger partial charge in [-0.1, -0.05) is 6.92 Å². The summed E-state index contributed by atoms with van der Waals surface area (Å²) >= 11 is 0. The quantitative estimate of drug-likeness (QED) is 0.668. The van der Waals surface area contributed by atoms with Gasteiger partial charge in [-0.2, -0.15) is 0 Å². The number of urea groups is 1. The number of rotatable bonds is 9. The van der Waals surface area contributed by atoms with Crippen LogP contribution in [0.5, 0.6) is 0 Å². The predicted molar refractivity (Wildman–Crippen MR) is 80.0 cm³/mol. The summed E-state index contributed by atoms with van der Waals surface area (Å²) < 4.78 is 0. The van der Waals surface area contributed by atoms with Gasteiger partial charge >= 0.3 is 12.0 Å². The van der Waals surface area contributed by atoms with E-state index in [1.807, 2.05) is 20.8 Å². The van der Waals surface area contributed by atoms with E-state index in [0.29, 0.717) is 19.5 Å². The molecule has 0 aromatic carbocycles. The number of amides is 3. The smallest absolute Gasteiger partial charge is 0.320 e. The van der Waals surface area contributed by atoms with Crippen molar-refractivity contribution in [3.8, 4) is 0 Å². The largest absolute Gasteiger partial charge is 0.481 e. The second kappa shape index (κ2) is 10.0. The summed E-state index contributed by atoms with van der Waals surface area (Å²) in [6.45, 7) is 6.58. The summed E-state index contributed by atoms with van der Waals surface area (Å²) in [5, 5.41) is 11.2. The van der Waals surface area contributed by atoms with Crippen molar-refractivity contribution in [1.82, 2.24) is 15.1 Å². The highest BCUT2D eigenvalue weighted by Gasteiger charge is 2.24. The standard InChI is InChI=1S/C14H27N3O4/c1-5-8-16(10-12(18)15-4)14(21)17(11(2)3)9-6-7-13(19)20/h11H,5-10H2,1-4H3,(H,15,18)(H,19,20). The van der Waals surface area contributed by atoms with E-state index >= 15 is 0 Å². The summed E-state index contributed by atoms with van der Waals surface area (Å²) in [4.78, 5) is 37.7. The highest BCUT2D eigenvalue weighted by Crippen LogP contribution is 2.08. The van der Waals surface area contributed by atoms with E-state index in [4.69, 9.17) is 5.11 Å². The minimum atomic E-state index is -0.873. The van der Waals surface area contributed by atoms with Gasteiger partial charge in [0.1, 0.15) is 6.54 Å². The summed E-state index contributed by atoms with van der Waals surface area (Å²) in [6.07, 6.45) is 1.18. The molecule has 0 aliphatic carbocycles. The molecule has 0 radical (unpaired) electrons. The van der Waals surface area contributed by atoms with Crippen LogP contribution in [0.4, 0.5) is 4.79 Å². The third-order valence-electron chi connectivity index (χ3n) is 3.04. The van der Waals surface area contributed by atoms with Crippen LogP contribution < -0.4 is 5.32 Å². The summed E-state index contributed by atoms with van der Waals surface area (Å²) in [5.74, 6) is -1.09. The van der Waals surface area contributed by atoms with Gasteiger partial charge < -0.3 is 20.2 Å². The van der Waals surface area contributed by atoms with Crippen molar-refractivity contribution in [3.63, 3.8) is 0 Å². The SMILES string of the molecule is CCCN(CC(=O)NC)C(=O)N(CCCC(=O)O)C(C)C. The number of carbonyl (C=O) groups is 3. The fraction of sp³-hybridized carbons (Fsp3) is 0.786. The second-order valence-electron chi connectivity index (χ2n) is 5.16. The molecule has 0 rings (SSSR count). The van der Waals surface area contributed by atoms with Crippen LogP contribution in [0.15, 0.2) is 0 Å². The molecule has 0 aliphatic rings. The summed E-state index contributed by atoms with van der Waals surface area (Å²) in [7, 11) is 1.53. The minimum Gasteiger partial charge on any atom is -0.481 e. The van der Waals surface area contributed by atoms with Crippen LogP contribution in [0.2, 0.25) is 0 Å². The average molecular weight is 301 g/mol. The molecule has 0 unspecified atom stereocenters. The Bertz CT molecular complexity index is 358. The van der Waals surface area contributed by atoms with Crippen LogP contribution in [-0.4, -0.2) is 65.5 Å². The Morgan fingerprint density at radius 3 is 2.24 bits per heavy atom. The van der Waals surface area contributed by atoms with E-state index in [2.05, 4.69) is 5.32 Å². The molecule has 7 nitrogen and oxygen atoms in total. The Balaban J connectivity index is 4.78. The highest BCUT2D eigenvalue weighted by atomic mass is 16.4. The van der Waals surface area contributed by atoms with E-state index in [0.717, 1.165) is 6.42 Å². The van der Waals surface area contributed by atoms with Gasteiger partial charge in [0, 0.05) is 32.6 Å². The maximum Gasteiger partial charge on any atom is 0.320 e. The number of likely N-dealkylation sites (N-methyl/N-ethyl adjacent to an activating group) is 1. The Morgan fingerprint density at radius 1 is 1.19 bits per heavy atom. The number of hydrogen-bond acceptors (Lipinski definition) is 3. The number of carboxylic acids is 1. The molecule has 0 fully saturated rings. The zero-order chi connectivity index (χ0) is 16.4. The van der Waals surface area contributed by atoms with Gasteiger partial charge in [0.05, 0.1) is 0 Å². The van der Waals surface area contributed by atoms with Crippen molar-refractivity contribution in [1.29, 1.82) is 0 Å². The molecule has 0 spiro atoms. The van der Waals surface area contributed by atoms with Crippen molar-refractivity contribution in [2.75, 3.05) is 26.7 Å². The molecular weight excluding hydrogens is 274 g/mol. The maximum atomic E-state index is 12.5. The fourth-order valence-corrected chi connectivity index (χ4v) is 1.92. The van der Waals surface area contributed by atoms with E-state index in [1.54, 1.807) is 4.90 Å². The molecule has 7 heteroatoms. The maximum absolute atomic E-state index is 12.5. The molecule has 2 N–H and O–H groups in total. The summed E-state index contributed by atoms with van der Waals surface area (Å²) in [6, 6.07) is -0.267. The van der Waals surface area contributed by atoms with Gasteiger partial charge in [-0.15, -0.1) is 0 Å². The first-order chi connectivity index (χ1) is 9.83. The second-order valence-corrected chi connectivity index (χ2v) is 5.16. The van der Waals surface area contributed by atoms with Crippen molar-refractivity contribution in [3.05, 3.63) is 0 Å². The lowest BCUT2D eigenvalue weighted by Crippen LogP contribution is -2.50. The van der Waals surface area contributed by atoms with Crippen LogP contribution in [0.3, 0.4) is 0 Å². The van der Waals surface area contributed by atoms with E-state index in [1.165, 1.54) is 11.9 Å². The van der Waals surface area contributed by atoms with Crippen LogP contribution in [0, 0.1) is 0 Å². The number of carboxylic acid groups (broad SMARTS) is 1. The molecule has 122 valence electrons. The topological polar surface area (TPSA) is 90.0 Å². The van der Waals surface area contributed by atoms with Crippen LogP contribution in [0.25, 0.3) is 0 Å². The molecule has 3 amide bonds. The molecule has 0 bridgehead atoms. The average Bonchev–Trinajstić information content (AvgIpc) is 2.41. The number of nitrogens with one attached hydrogen (secondary N) is 1. The Morgan fingerprint density at radius 2 is 1.81 bits per heavy atom. The molecule has 0 aromatic heterocycles. The van der Waals surface area contributed by atoms with Crippen LogP contribution in [0.1, 0.15) is 40.0 Å². The third kappa shape index (κ3) is 7.53. The lowest BCUT2D eigenvalue weighted by Gasteiger charge is -2.32. The normalized spacial score (nSPS) is 10.3. The first-order valence-electron chi connectivity index (χ1n) is 7.31. The number of nitrogens with zero attached hydrogens (tertiary/aromatic N) is 2. The van der Waals surface area contributed by atoms with Crippen LogP contribution in [-0.2, 0) is 9.59 Å². The predicted octanol–water partition coefficient (Wildman–Crippen LogP) is 1.14. The van der Waals surface area contributed by atoms with Gasteiger partial charge in [0.2, 0.25) is 5.91 Å². The Labute approximate surface area is 126 Å². The van der Waals surface area contributed by atoms with Crippen molar-refractivity contribution < 1.29 is 19.5 Å². The third-order valence-corrected chi connectivity index (χ3v) is 3.04. The number of aliphatic carboxylic acids is 1. The van der Waals surface area contributed by atoms with Crippen molar-refractivity contribution >= 4 is 17.9 Å². The first kappa shape index (κ1) is 19.2. The molecule has 0 saturated carbocycles. The molecule has 0 heterocycles. The highest BCUT2D eigenvalue weighted by molar-refractivity contribution is 5.84. The molecule has 0 aromatic rings. The number of carbonyl (C=O) groups excluding carboxylic acids is 2. The lowest BCUT2D eigenvalue weighted by atomic mass is 10.2.